The van der Waals surface area contributed by atoms with Gasteiger partial charge in [-0.25, -0.2) is 4.98 Å². The monoisotopic (exact) mass is 423 g/mol. The number of benzene rings is 1. The summed E-state index contributed by atoms with van der Waals surface area (Å²) >= 11 is 0. The number of nitro groups is 1. The number of nitrogens with zero attached hydrogens (tertiary/aromatic N) is 4. The molecule has 162 valence electrons. The Balaban J connectivity index is 1.37. The van der Waals surface area contributed by atoms with Crippen LogP contribution in [0.15, 0.2) is 59.5 Å². The van der Waals surface area contributed by atoms with Crippen molar-refractivity contribution in [1.82, 2.24) is 14.3 Å². The molecule has 0 aliphatic carbocycles. The van der Waals surface area contributed by atoms with Crippen LogP contribution in [-0.4, -0.2) is 50.5 Å². The molecule has 3 heterocycles. The second-order valence-corrected chi connectivity index (χ2v) is 7.85. The van der Waals surface area contributed by atoms with E-state index in [2.05, 4.69) is 15.2 Å². The number of hydrogen-bond donors (Lipinski definition) is 2. The number of hydrogen-bond acceptors (Lipinski definition) is 7. The minimum absolute atomic E-state index is 0.0168. The van der Waals surface area contributed by atoms with Gasteiger partial charge in [-0.05, 0) is 49.5 Å². The van der Waals surface area contributed by atoms with Gasteiger partial charge in [0.15, 0.2) is 0 Å². The summed E-state index contributed by atoms with van der Waals surface area (Å²) in [6.45, 7) is 2.77. The zero-order valence-corrected chi connectivity index (χ0v) is 17.1. The highest BCUT2D eigenvalue weighted by Crippen LogP contribution is 2.23. The molecule has 31 heavy (non-hydrogen) atoms. The van der Waals surface area contributed by atoms with Crippen molar-refractivity contribution < 1.29 is 10.0 Å². The second kappa shape index (κ2) is 9.23. The van der Waals surface area contributed by atoms with Crippen LogP contribution in [0.1, 0.15) is 24.5 Å². The average Bonchev–Trinajstić information content (AvgIpc) is 2.79. The van der Waals surface area contributed by atoms with Crippen molar-refractivity contribution in [3.05, 3.63) is 80.8 Å². The van der Waals surface area contributed by atoms with Gasteiger partial charge in [0.05, 0.1) is 11.0 Å². The van der Waals surface area contributed by atoms with E-state index in [-0.39, 0.29) is 5.82 Å². The lowest BCUT2D eigenvalue weighted by Gasteiger charge is -2.33. The van der Waals surface area contributed by atoms with E-state index >= 15 is 0 Å². The van der Waals surface area contributed by atoms with Crippen molar-refractivity contribution >= 4 is 17.2 Å². The van der Waals surface area contributed by atoms with Crippen molar-refractivity contribution in [1.29, 1.82) is 0 Å². The van der Waals surface area contributed by atoms with Gasteiger partial charge in [-0.2, -0.15) is 0 Å². The molecule has 1 aliphatic heterocycles. The van der Waals surface area contributed by atoms with Crippen LogP contribution < -0.4 is 10.9 Å². The maximum atomic E-state index is 12.5. The topological polar surface area (TPSA) is 113 Å². The largest absolute Gasteiger partial charge is 0.387 e. The Morgan fingerprint density at radius 1 is 1.16 bits per heavy atom. The first kappa shape index (κ1) is 21.0. The molecular formula is C22H25N5O4. The minimum atomic E-state index is -0.692. The highest BCUT2D eigenvalue weighted by atomic mass is 16.6. The van der Waals surface area contributed by atoms with E-state index in [9.17, 15) is 20.0 Å². The summed E-state index contributed by atoms with van der Waals surface area (Å²) in [4.78, 5) is 29.9. The van der Waals surface area contributed by atoms with Gasteiger partial charge in [-0.3, -0.25) is 19.3 Å². The fourth-order valence-electron chi connectivity index (χ4n) is 4.01. The van der Waals surface area contributed by atoms with Crippen LogP contribution in [0.25, 0.3) is 5.65 Å². The van der Waals surface area contributed by atoms with Crippen LogP contribution in [0.3, 0.4) is 0 Å². The highest BCUT2D eigenvalue weighted by molar-refractivity contribution is 5.59. The number of aliphatic hydroxyl groups is 1. The Kier molecular flexibility index (Phi) is 6.24. The molecule has 2 aromatic heterocycles. The van der Waals surface area contributed by atoms with Gasteiger partial charge in [0.25, 0.3) is 0 Å². The van der Waals surface area contributed by atoms with Crippen LogP contribution in [0.2, 0.25) is 0 Å². The first-order chi connectivity index (χ1) is 15.0. The van der Waals surface area contributed by atoms with Crippen LogP contribution >= 0.6 is 0 Å². The van der Waals surface area contributed by atoms with E-state index in [0.29, 0.717) is 24.7 Å². The van der Waals surface area contributed by atoms with Gasteiger partial charge < -0.3 is 15.3 Å². The van der Waals surface area contributed by atoms with E-state index in [1.807, 2.05) is 30.3 Å². The maximum absolute atomic E-state index is 12.5. The second-order valence-electron chi connectivity index (χ2n) is 7.85. The first-order valence-corrected chi connectivity index (χ1v) is 10.4. The minimum Gasteiger partial charge on any atom is -0.387 e. The lowest BCUT2D eigenvalue weighted by Crippen LogP contribution is -2.38. The van der Waals surface area contributed by atoms with Gasteiger partial charge in [0.2, 0.25) is 5.82 Å². The van der Waals surface area contributed by atoms with Gasteiger partial charge >= 0.3 is 11.2 Å². The maximum Gasteiger partial charge on any atom is 0.376 e. The van der Waals surface area contributed by atoms with E-state index in [1.54, 1.807) is 18.2 Å². The first-order valence-electron chi connectivity index (χ1n) is 10.4. The van der Waals surface area contributed by atoms with Crippen LogP contribution in [0.5, 0.6) is 0 Å². The molecule has 4 rings (SSSR count). The van der Waals surface area contributed by atoms with Crippen LogP contribution in [0, 0.1) is 16.0 Å². The zero-order valence-electron chi connectivity index (χ0n) is 17.1. The molecule has 2 N–H and O–H groups in total. The molecule has 3 aromatic rings. The molecule has 1 aromatic carbocycles. The number of piperidine rings is 1. The van der Waals surface area contributed by atoms with Gasteiger partial charge in [0.1, 0.15) is 5.65 Å². The normalized spacial score (nSPS) is 16.3. The van der Waals surface area contributed by atoms with Gasteiger partial charge in [0, 0.05) is 19.3 Å². The number of pyridine rings is 1. The summed E-state index contributed by atoms with van der Waals surface area (Å²) in [6.07, 6.45) is 2.75. The number of aromatic nitrogens is 2. The molecule has 1 aliphatic rings. The van der Waals surface area contributed by atoms with Crippen LogP contribution in [-0.2, 0) is 0 Å². The Labute approximate surface area is 179 Å². The van der Waals surface area contributed by atoms with Crippen molar-refractivity contribution in [2.24, 2.45) is 5.92 Å². The fraction of sp³-hybridized carbons (Fsp3) is 0.364. The summed E-state index contributed by atoms with van der Waals surface area (Å²) in [7, 11) is 0. The Hall–Kier alpha value is -3.30. The summed E-state index contributed by atoms with van der Waals surface area (Å²) in [5.41, 5.74) is 0.0486. The van der Waals surface area contributed by atoms with Crippen molar-refractivity contribution in [3.8, 4) is 0 Å². The smallest absolute Gasteiger partial charge is 0.376 e. The number of fused-ring (bicyclic) bond motifs is 1. The molecule has 0 saturated carbocycles. The number of aliphatic hydroxyl groups excluding tert-OH is 1. The SMILES string of the molecule is O=c1c([N+](=O)[O-])c(NCC2CCN(CC(O)c3ccccc3)CC2)nc2ccccn12. The third kappa shape index (κ3) is 4.73. The highest BCUT2D eigenvalue weighted by Gasteiger charge is 2.26. The van der Waals surface area contributed by atoms with Crippen molar-refractivity contribution in [2.45, 2.75) is 18.9 Å². The van der Waals surface area contributed by atoms with Crippen molar-refractivity contribution in [3.63, 3.8) is 0 Å². The third-order valence-corrected chi connectivity index (χ3v) is 5.77. The predicted octanol–water partition coefficient (Wildman–Crippen LogP) is 2.46. The summed E-state index contributed by atoms with van der Waals surface area (Å²) < 4.78 is 1.18. The molecule has 0 radical (unpaired) electrons. The Bertz CT molecular complexity index is 1110. The zero-order chi connectivity index (χ0) is 21.8. The van der Waals surface area contributed by atoms with Gasteiger partial charge in [-0.1, -0.05) is 36.4 Å². The summed E-state index contributed by atoms with van der Waals surface area (Å²) in [5.74, 6) is 0.323. The number of β-amino-alcohol motifs (C(OH)–C–C–N with tert-alkyl or cyclic N) is 1. The number of rotatable bonds is 7. The summed E-state index contributed by atoms with van der Waals surface area (Å²) in [5, 5.41) is 25.0. The van der Waals surface area contributed by atoms with E-state index in [4.69, 9.17) is 0 Å². The standard InChI is InChI=1S/C22H25N5O4/c28-18(17-6-2-1-3-7-17)15-25-12-9-16(10-13-25)14-23-21-20(27(30)31)22(29)26-11-5-4-8-19(26)24-21/h1-8,11,16,18,23,28H,9-10,12-15H2. The Morgan fingerprint density at radius 3 is 2.58 bits per heavy atom. The molecule has 0 amide bonds. The molecule has 0 bridgehead atoms. The van der Waals surface area contributed by atoms with E-state index in [0.717, 1.165) is 31.5 Å². The third-order valence-electron chi connectivity index (χ3n) is 5.77. The lowest BCUT2D eigenvalue weighted by molar-refractivity contribution is -0.385. The molecule has 0 spiro atoms. The van der Waals surface area contributed by atoms with Crippen molar-refractivity contribution in [2.75, 3.05) is 31.5 Å². The Morgan fingerprint density at radius 2 is 1.87 bits per heavy atom. The lowest BCUT2D eigenvalue weighted by atomic mass is 9.96. The molecule has 1 atom stereocenters. The quantitative estimate of drug-likeness (QED) is 0.443. The molecular weight excluding hydrogens is 398 g/mol. The average molecular weight is 423 g/mol. The number of likely N-dealkylation sites (tertiary alicyclic amines) is 1. The van der Waals surface area contributed by atoms with Gasteiger partial charge in [-0.15, -0.1) is 0 Å². The fourth-order valence-corrected chi connectivity index (χ4v) is 4.01. The number of anilines is 1. The predicted molar refractivity (Wildman–Crippen MR) is 117 cm³/mol. The number of nitrogens with one attached hydrogen (secondary N) is 1. The molecule has 9 heteroatoms. The molecule has 1 unspecified atom stereocenters. The van der Waals surface area contributed by atoms with E-state index in [1.165, 1.54) is 10.6 Å². The summed E-state index contributed by atoms with van der Waals surface area (Å²) in [6, 6.07) is 14.6. The molecule has 1 fully saturated rings. The van der Waals surface area contributed by atoms with E-state index < -0.39 is 22.3 Å². The molecule has 1 saturated heterocycles. The van der Waals surface area contributed by atoms with Crippen LogP contribution in [0.4, 0.5) is 11.5 Å². The molecule has 9 nitrogen and oxygen atoms in total.